The summed E-state index contributed by atoms with van der Waals surface area (Å²) in [5.74, 6) is 0.285. The van der Waals surface area contributed by atoms with E-state index < -0.39 is 17.7 Å². The molecule has 3 atom stereocenters. The molecule has 0 unspecified atom stereocenters. The second-order valence-electron chi connectivity index (χ2n) is 7.03. The van der Waals surface area contributed by atoms with E-state index in [2.05, 4.69) is 5.32 Å². The number of thiocarbonyl (C=S) groups is 1. The van der Waals surface area contributed by atoms with Crippen LogP contribution in [0.2, 0.25) is 5.02 Å². The van der Waals surface area contributed by atoms with E-state index in [-0.39, 0.29) is 12.6 Å². The summed E-state index contributed by atoms with van der Waals surface area (Å²) < 4.78 is 17.2. The molecule has 2 heterocycles. The number of hydrogen-bond acceptors (Lipinski definition) is 5. The van der Waals surface area contributed by atoms with Crippen molar-refractivity contribution < 1.29 is 19.0 Å². The lowest BCUT2D eigenvalue weighted by atomic mass is 9.79. The summed E-state index contributed by atoms with van der Waals surface area (Å²) in [6.45, 7) is 3.90. The number of anilines is 1. The van der Waals surface area contributed by atoms with Crippen molar-refractivity contribution in [2.75, 3.05) is 18.6 Å². The quantitative estimate of drug-likeness (QED) is 0.577. The van der Waals surface area contributed by atoms with Crippen molar-refractivity contribution >= 4 is 40.6 Å². The molecule has 1 fully saturated rings. The summed E-state index contributed by atoms with van der Waals surface area (Å²) in [5, 5.41) is 4.31. The molecule has 2 aliphatic rings. The molecule has 0 saturated carbocycles. The third kappa shape index (κ3) is 3.18. The van der Waals surface area contributed by atoms with Gasteiger partial charge in [0.2, 0.25) is 5.72 Å². The lowest BCUT2D eigenvalue weighted by Crippen LogP contribution is -2.71. The standard InChI is InChI=1S/C21H21ClN2O4S/c1-4-27-19(25)17-18-15-11-14(26-3)8-9-16(15)28-21(17,2)24(20(29)23-18)13-7-5-6-12(22)10-13/h5-11,17-18H,4H2,1-3H3,(H,23,29)/t17-,18-,21+/m1/s1. The van der Waals surface area contributed by atoms with Crippen LogP contribution in [0.5, 0.6) is 11.5 Å². The molecule has 1 saturated heterocycles. The van der Waals surface area contributed by atoms with Gasteiger partial charge in [0, 0.05) is 16.3 Å². The molecule has 4 rings (SSSR count). The average molecular weight is 433 g/mol. The lowest BCUT2D eigenvalue weighted by Gasteiger charge is -2.55. The van der Waals surface area contributed by atoms with Gasteiger partial charge in [0.25, 0.3) is 0 Å². The maximum Gasteiger partial charge on any atom is 0.317 e. The molecule has 2 aromatic carbocycles. The summed E-state index contributed by atoms with van der Waals surface area (Å²) in [4.78, 5) is 14.9. The first kappa shape index (κ1) is 19.8. The largest absolute Gasteiger partial charge is 0.497 e. The molecule has 0 spiro atoms. The van der Waals surface area contributed by atoms with E-state index in [1.807, 2.05) is 37.3 Å². The molecule has 0 radical (unpaired) electrons. The molecule has 152 valence electrons. The molecule has 1 N–H and O–H groups in total. The normalized spacial score (nSPS) is 24.8. The zero-order valence-corrected chi connectivity index (χ0v) is 17.8. The Balaban J connectivity index is 1.89. The number of carbonyl (C=O) groups excluding carboxylic acids is 1. The fourth-order valence-corrected chi connectivity index (χ4v) is 4.68. The van der Waals surface area contributed by atoms with Gasteiger partial charge in [-0.1, -0.05) is 17.7 Å². The number of rotatable bonds is 4. The van der Waals surface area contributed by atoms with Gasteiger partial charge in [-0.15, -0.1) is 0 Å². The zero-order chi connectivity index (χ0) is 20.8. The molecule has 29 heavy (non-hydrogen) atoms. The van der Waals surface area contributed by atoms with Crippen LogP contribution in [-0.2, 0) is 9.53 Å². The van der Waals surface area contributed by atoms with Gasteiger partial charge in [-0.2, -0.15) is 0 Å². The van der Waals surface area contributed by atoms with Crippen LogP contribution in [0.3, 0.4) is 0 Å². The molecule has 2 aromatic rings. The van der Waals surface area contributed by atoms with Gasteiger partial charge in [-0.3, -0.25) is 9.69 Å². The minimum Gasteiger partial charge on any atom is -0.497 e. The number of fused-ring (bicyclic) bond motifs is 4. The van der Waals surface area contributed by atoms with Crippen LogP contribution >= 0.6 is 23.8 Å². The fraction of sp³-hybridized carbons (Fsp3) is 0.333. The Morgan fingerprint density at radius 2 is 2.14 bits per heavy atom. The van der Waals surface area contributed by atoms with E-state index in [0.29, 0.717) is 21.6 Å². The van der Waals surface area contributed by atoms with Gasteiger partial charge >= 0.3 is 5.97 Å². The number of carbonyl (C=O) groups is 1. The molecule has 2 aliphatic heterocycles. The van der Waals surface area contributed by atoms with Gasteiger partial charge in [0.05, 0.1) is 19.8 Å². The zero-order valence-electron chi connectivity index (χ0n) is 16.3. The molecule has 0 amide bonds. The Hall–Kier alpha value is -2.51. The van der Waals surface area contributed by atoms with E-state index in [9.17, 15) is 4.79 Å². The highest BCUT2D eigenvalue weighted by atomic mass is 35.5. The van der Waals surface area contributed by atoms with Crippen LogP contribution in [0.4, 0.5) is 5.69 Å². The minimum absolute atomic E-state index is 0.269. The molecule has 2 bridgehead atoms. The summed E-state index contributed by atoms with van der Waals surface area (Å²) in [7, 11) is 1.60. The van der Waals surface area contributed by atoms with Crippen molar-refractivity contribution in [1.82, 2.24) is 5.32 Å². The monoisotopic (exact) mass is 432 g/mol. The maximum absolute atomic E-state index is 13.1. The van der Waals surface area contributed by atoms with E-state index in [1.54, 1.807) is 31.1 Å². The molecular weight excluding hydrogens is 412 g/mol. The van der Waals surface area contributed by atoms with Crippen LogP contribution in [0.25, 0.3) is 0 Å². The van der Waals surface area contributed by atoms with Crippen molar-refractivity contribution in [3.8, 4) is 11.5 Å². The van der Waals surface area contributed by atoms with Crippen LogP contribution in [-0.4, -0.2) is 30.5 Å². The number of esters is 1. The Kier molecular flexibility index (Phi) is 5.04. The summed E-state index contributed by atoms with van der Waals surface area (Å²) in [6.07, 6.45) is 0. The predicted molar refractivity (Wildman–Crippen MR) is 115 cm³/mol. The second kappa shape index (κ2) is 7.39. The molecule has 8 heteroatoms. The number of benzene rings is 2. The Morgan fingerprint density at radius 3 is 2.83 bits per heavy atom. The van der Waals surface area contributed by atoms with Crippen molar-refractivity contribution in [2.45, 2.75) is 25.6 Å². The van der Waals surface area contributed by atoms with Crippen molar-refractivity contribution in [3.05, 3.63) is 53.1 Å². The second-order valence-corrected chi connectivity index (χ2v) is 7.86. The lowest BCUT2D eigenvalue weighted by molar-refractivity contribution is -0.159. The van der Waals surface area contributed by atoms with Crippen LogP contribution in [0.1, 0.15) is 25.5 Å². The van der Waals surface area contributed by atoms with E-state index >= 15 is 0 Å². The SMILES string of the molecule is CCOC(=O)[C@H]1[C@@H]2NC(=S)N(c3cccc(Cl)c3)[C@@]1(C)Oc1ccc(OC)cc12. The van der Waals surface area contributed by atoms with Crippen LogP contribution < -0.4 is 19.7 Å². The third-order valence-electron chi connectivity index (χ3n) is 5.31. The van der Waals surface area contributed by atoms with Gasteiger partial charge in [0.15, 0.2) is 5.11 Å². The smallest absolute Gasteiger partial charge is 0.317 e. The summed E-state index contributed by atoms with van der Waals surface area (Å²) in [5.41, 5.74) is 0.418. The van der Waals surface area contributed by atoms with E-state index in [1.165, 1.54) is 0 Å². The minimum atomic E-state index is -1.11. The highest BCUT2D eigenvalue weighted by Crippen LogP contribution is 2.50. The van der Waals surface area contributed by atoms with Crippen molar-refractivity contribution in [2.24, 2.45) is 5.92 Å². The first-order valence-corrected chi connectivity index (χ1v) is 10.1. The molecule has 6 nitrogen and oxygen atoms in total. The van der Waals surface area contributed by atoms with Crippen LogP contribution in [0.15, 0.2) is 42.5 Å². The van der Waals surface area contributed by atoms with Gasteiger partial charge in [-0.25, -0.2) is 0 Å². The first-order valence-electron chi connectivity index (χ1n) is 9.29. The summed E-state index contributed by atoms with van der Waals surface area (Å²) >= 11 is 11.9. The molecule has 0 aromatic heterocycles. The number of ether oxygens (including phenoxy) is 3. The van der Waals surface area contributed by atoms with Gasteiger partial charge in [0.1, 0.15) is 17.4 Å². The van der Waals surface area contributed by atoms with Crippen molar-refractivity contribution in [1.29, 1.82) is 0 Å². The number of nitrogens with one attached hydrogen (secondary N) is 1. The highest BCUT2D eigenvalue weighted by molar-refractivity contribution is 7.80. The van der Waals surface area contributed by atoms with E-state index in [0.717, 1.165) is 11.3 Å². The fourth-order valence-electron chi connectivity index (χ4n) is 4.09. The Labute approximate surface area is 179 Å². The predicted octanol–water partition coefficient (Wildman–Crippen LogP) is 4.07. The van der Waals surface area contributed by atoms with Crippen molar-refractivity contribution in [3.63, 3.8) is 0 Å². The summed E-state index contributed by atoms with van der Waals surface area (Å²) in [6, 6.07) is 12.4. The first-order chi connectivity index (χ1) is 13.9. The van der Waals surface area contributed by atoms with Gasteiger partial charge in [-0.05, 0) is 62.5 Å². The average Bonchev–Trinajstić information content (AvgIpc) is 2.67. The van der Waals surface area contributed by atoms with Crippen LogP contribution in [0, 0.1) is 5.92 Å². The molecular formula is C21H21ClN2O4S. The number of nitrogens with zero attached hydrogens (tertiary/aromatic N) is 1. The number of halogens is 1. The highest BCUT2D eigenvalue weighted by Gasteiger charge is 2.59. The maximum atomic E-state index is 13.1. The number of methoxy groups -OCH3 is 1. The molecule has 0 aliphatic carbocycles. The van der Waals surface area contributed by atoms with E-state index in [4.69, 9.17) is 38.0 Å². The number of hydrogen-bond donors (Lipinski definition) is 1. The third-order valence-corrected chi connectivity index (χ3v) is 5.85. The Morgan fingerprint density at radius 1 is 1.34 bits per heavy atom. The Bertz CT molecular complexity index is 985. The van der Waals surface area contributed by atoms with Gasteiger partial charge < -0.3 is 19.5 Å². The topological polar surface area (TPSA) is 60.0 Å².